The van der Waals surface area contributed by atoms with Gasteiger partial charge in [0.15, 0.2) is 9.84 Å². The van der Waals surface area contributed by atoms with Crippen molar-refractivity contribution in [3.05, 3.63) is 0 Å². The molecular formula is C11H20N2O5S. The lowest BCUT2D eigenvalue weighted by atomic mass is 10.3. The van der Waals surface area contributed by atoms with Crippen LogP contribution in [-0.2, 0) is 14.6 Å². The first-order chi connectivity index (χ1) is 8.82. The van der Waals surface area contributed by atoms with Crippen molar-refractivity contribution in [1.82, 2.24) is 9.80 Å². The number of sulfone groups is 1. The van der Waals surface area contributed by atoms with Crippen LogP contribution in [0.3, 0.4) is 0 Å². The molecule has 0 saturated carbocycles. The lowest BCUT2D eigenvalue weighted by molar-refractivity contribution is -0.137. The second kappa shape index (κ2) is 6.74. The lowest BCUT2D eigenvalue weighted by Gasteiger charge is -2.26. The van der Waals surface area contributed by atoms with E-state index in [1.165, 1.54) is 9.80 Å². The van der Waals surface area contributed by atoms with Crippen molar-refractivity contribution in [2.75, 3.05) is 38.2 Å². The van der Waals surface area contributed by atoms with Crippen molar-refractivity contribution in [2.45, 2.75) is 19.3 Å². The van der Waals surface area contributed by atoms with Gasteiger partial charge in [0, 0.05) is 33.1 Å². The van der Waals surface area contributed by atoms with Crippen LogP contribution in [0.5, 0.6) is 0 Å². The lowest BCUT2D eigenvalue weighted by Crippen LogP contribution is -2.43. The fraction of sp³-hybridized carbons (Fsp3) is 0.818. The summed E-state index contributed by atoms with van der Waals surface area (Å²) in [6.07, 6.45) is 0.868. The van der Waals surface area contributed by atoms with Crippen LogP contribution >= 0.6 is 0 Å². The van der Waals surface area contributed by atoms with E-state index in [4.69, 9.17) is 5.11 Å². The minimum Gasteiger partial charge on any atom is -0.481 e. The molecule has 0 spiro atoms. The minimum absolute atomic E-state index is 0.00169. The Balaban J connectivity index is 2.45. The van der Waals surface area contributed by atoms with E-state index < -0.39 is 15.8 Å². The van der Waals surface area contributed by atoms with Crippen molar-refractivity contribution < 1.29 is 23.1 Å². The number of carboxylic acid groups (broad SMARTS) is 1. The Morgan fingerprint density at radius 3 is 2.58 bits per heavy atom. The number of hydrogen-bond acceptors (Lipinski definition) is 4. The molecule has 0 aromatic carbocycles. The van der Waals surface area contributed by atoms with Gasteiger partial charge in [-0.3, -0.25) is 4.79 Å². The molecule has 0 unspecified atom stereocenters. The van der Waals surface area contributed by atoms with Gasteiger partial charge in [-0.25, -0.2) is 13.2 Å². The molecule has 0 aromatic heterocycles. The first-order valence-electron chi connectivity index (χ1n) is 6.24. The summed E-state index contributed by atoms with van der Waals surface area (Å²) < 4.78 is 22.9. The smallest absolute Gasteiger partial charge is 0.319 e. The van der Waals surface area contributed by atoms with E-state index in [2.05, 4.69) is 0 Å². The van der Waals surface area contributed by atoms with E-state index in [1.54, 1.807) is 7.05 Å². The summed E-state index contributed by atoms with van der Waals surface area (Å²) in [7, 11) is -1.43. The summed E-state index contributed by atoms with van der Waals surface area (Å²) in [4.78, 5) is 25.4. The van der Waals surface area contributed by atoms with Gasteiger partial charge in [-0.1, -0.05) is 0 Å². The predicted octanol–water partition coefficient (Wildman–Crippen LogP) is 0.0235. The summed E-state index contributed by atoms with van der Waals surface area (Å²) in [5.74, 6) is -0.761. The summed E-state index contributed by atoms with van der Waals surface area (Å²) in [5.41, 5.74) is 0. The van der Waals surface area contributed by atoms with Gasteiger partial charge < -0.3 is 14.9 Å². The molecule has 2 amide bonds. The quantitative estimate of drug-likeness (QED) is 0.788. The number of carbonyl (C=O) groups is 2. The molecule has 1 aliphatic rings. The Bertz CT molecular complexity index is 434. The number of carbonyl (C=O) groups excluding carboxylic acids is 1. The van der Waals surface area contributed by atoms with Crippen LogP contribution in [0.2, 0.25) is 0 Å². The van der Waals surface area contributed by atoms with Gasteiger partial charge in [-0.05, 0) is 12.8 Å². The third kappa shape index (κ3) is 5.46. The molecule has 7 nitrogen and oxygen atoms in total. The Labute approximate surface area is 113 Å². The van der Waals surface area contributed by atoms with Gasteiger partial charge in [-0.15, -0.1) is 0 Å². The van der Waals surface area contributed by atoms with Crippen LogP contribution in [0.1, 0.15) is 19.3 Å². The van der Waals surface area contributed by atoms with E-state index in [1.807, 2.05) is 0 Å². The van der Waals surface area contributed by atoms with E-state index in [0.717, 1.165) is 0 Å². The summed E-state index contributed by atoms with van der Waals surface area (Å²) in [6.45, 7) is 1.00. The zero-order chi connectivity index (χ0) is 14.5. The molecule has 8 heteroatoms. The average Bonchev–Trinajstić information content (AvgIpc) is 2.48. The van der Waals surface area contributed by atoms with Gasteiger partial charge in [-0.2, -0.15) is 0 Å². The number of rotatable bonds is 4. The Kier molecular flexibility index (Phi) is 5.59. The highest BCUT2D eigenvalue weighted by Gasteiger charge is 2.24. The Morgan fingerprint density at radius 1 is 1.26 bits per heavy atom. The number of amides is 2. The van der Waals surface area contributed by atoms with E-state index in [0.29, 0.717) is 25.9 Å². The number of aliphatic carboxylic acids is 1. The SMILES string of the molecule is CN(CCCC(=O)O)C(=O)N1CCCS(=O)(=O)CC1. The zero-order valence-corrected chi connectivity index (χ0v) is 11.9. The summed E-state index contributed by atoms with van der Waals surface area (Å²) in [5, 5.41) is 8.53. The molecular weight excluding hydrogens is 272 g/mol. The molecule has 19 heavy (non-hydrogen) atoms. The molecule has 0 aliphatic carbocycles. The number of carboxylic acids is 1. The van der Waals surface area contributed by atoms with Gasteiger partial charge in [0.25, 0.3) is 0 Å². The monoisotopic (exact) mass is 292 g/mol. The summed E-state index contributed by atoms with van der Waals surface area (Å²) >= 11 is 0. The molecule has 1 saturated heterocycles. The first-order valence-corrected chi connectivity index (χ1v) is 8.06. The highest BCUT2D eigenvalue weighted by Crippen LogP contribution is 2.08. The third-order valence-corrected chi connectivity index (χ3v) is 4.75. The maximum absolute atomic E-state index is 12.0. The van der Waals surface area contributed by atoms with Crippen molar-refractivity contribution in [3.63, 3.8) is 0 Å². The van der Waals surface area contributed by atoms with Crippen LogP contribution in [0.15, 0.2) is 0 Å². The molecule has 1 N–H and O–H groups in total. The Hall–Kier alpha value is -1.31. The van der Waals surface area contributed by atoms with Crippen LogP contribution in [0, 0.1) is 0 Å². The van der Waals surface area contributed by atoms with Crippen molar-refractivity contribution in [1.29, 1.82) is 0 Å². The van der Waals surface area contributed by atoms with Crippen LogP contribution in [0.4, 0.5) is 4.79 Å². The maximum atomic E-state index is 12.0. The zero-order valence-electron chi connectivity index (χ0n) is 11.0. The fourth-order valence-electron chi connectivity index (χ4n) is 1.93. The van der Waals surface area contributed by atoms with Gasteiger partial charge in [0.1, 0.15) is 0 Å². The standard InChI is InChI=1S/C11H20N2O5S/c1-12(5-2-4-10(14)15)11(16)13-6-3-8-19(17,18)9-7-13/h2-9H2,1H3,(H,14,15). The van der Waals surface area contributed by atoms with E-state index >= 15 is 0 Å². The highest BCUT2D eigenvalue weighted by molar-refractivity contribution is 7.91. The summed E-state index contributed by atoms with van der Waals surface area (Å²) in [6, 6.07) is -0.234. The molecule has 1 aliphatic heterocycles. The van der Waals surface area contributed by atoms with Crippen LogP contribution < -0.4 is 0 Å². The molecule has 0 bridgehead atoms. The molecule has 1 heterocycles. The van der Waals surface area contributed by atoms with E-state index in [9.17, 15) is 18.0 Å². The molecule has 1 fully saturated rings. The molecule has 0 radical (unpaired) electrons. The third-order valence-electron chi connectivity index (χ3n) is 3.04. The van der Waals surface area contributed by atoms with Crippen molar-refractivity contribution >= 4 is 21.8 Å². The van der Waals surface area contributed by atoms with Gasteiger partial charge in [0.05, 0.1) is 11.5 Å². The highest BCUT2D eigenvalue weighted by atomic mass is 32.2. The van der Waals surface area contributed by atoms with Crippen LogP contribution in [-0.4, -0.2) is 73.5 Å². The largest absolute Gasteiger partial charge is 0.481 e. The maximum Gasteiger partial charge on any atom is 0.319 e. The Morgan fingerprint density at radius 2 is 1.95 bits per heavy atom. The molecule has 1 rings (SSSR count). The van der Waals surface area contributed by atoms with Crippen LogP contribution in [0.25, 0.3) is 0 Å². The fourth-order valence-corrected chi connectivity index (χ4v) is 3.21. The van der Waals surface area contributed by atoms with Gasteiger partial charge in [0.2, 0.25) is 0 Å². The van der Waals surface area contributed by atoms with Crippen molar-refractivity contribution in [2.24, 2.45) is 0 Å². The molecule has 0 aromatic rings. The van der Waals surface area contributed by atoms with Gasteiger partial charge >= 0.3 is 12.0 Å². The average molecular weight is 292 g/mol. The number of hydrogen-bond donors (Lipinski definition) is 1. The number of nitrogens with zero attached hydrogens (tertiary/aromatic N) is 2. The second-order valence-electron chi connectivity index (χ2n) is 4.69. The van der Waals surface area contributed by atoms with Crippen molar-refractivity contribution in [3.8, 4) is 0 Å². The predicted molar refractivity (Wildman–Crippen MR) is 69.7 cm³/mol. The molecule has 0 atom stereocenters. The topological polar surface area (TPSA) is 95.0 Å². The normalized spacial score (nSPS) is 18.7. The molecule has 110 valence electrons. The second-order valence-corrected chi connectivity index (χ2v) is 7.00. The minimum atomic E-state index is -3.03. The first kappa shape index (κ1) is 15.7. The van der Waals surface area contributed by atoms with E-state index in [-0.39, 0.29) is 30.5 Å². The number of urea groups is 1.